The molecule has 0 N–H and O–H groups in total. The number of hydrogen-bond donors (Lipinski definition) is 0. The van der Waals surface area contributed by atoms with Crippen molar-refractivity contribution < 1.29 is 23.7 Å². The van der Waals surface area contributed by atoms with Gasteiger partial charge in [-0.25, -0.2) is 0 Å². The summed E-state index contributed by atoms with van der Waals surface area (Å²) in [7, 11) is 6.46. The monoisotopic (exact) mass is 397 g/mol. The molecule has 0 unspecified atom stereocenters. The van der Waals surface area contributed by atoms with Gasteiger partial charge >= 0.3 is 0 Å². The number of ether oxygens (including phenoxy) is 5. The molecule has 0 radical (unpaired) electrons. The van der Waals surface area contributed by atoms with Crippen LogP contribution in [0.5, 0.6) is 28.7 Å². The largest absolute Gasteiger partial charge is 0.493 e. The fraction of sp³-hybridized carbons (Fsp3) is 0.348. The molecular weight excluding hydrogens is 370 g/mol. The molecule has 0 aliphatic heterocycles. The van der Waals surface area contributed by atoms with E-state index in [1.165, 1.54) is 0 Å². The van der Waals surface area contributed by atoms with E-state index in [-0.39, 0.29) is 0 Å². The predicted molar refractivity (Wildman–Crippen MR) is 114 cm³/mol. The molecule has 0 aliphatic carbocycles. The second-order valence-corrected chi connectivity index (χ2v) is 6.51. The van der Waals surface area contributed by atoms with E-state index >= 15 is 0 Å². The molecule has 3 aromatic rings. The summed E-state index contributed by atoms with van der Waals surface area (Å²) in [5.41, 5.74) is 2.61. The maximum Gasteiger partial charge on any atom is 0.203 e. The zero-order chi connectivity index (χ0) is 20.8. The van der Waals surface area contributed by atoms with Crippen molar-refractivity contribution in [2.45, 2.75) is 19.8 Å². The van der Waals surface area contributed by atoms with Gasteiger partial charge in [-0.2, -0.15) is 0 Å². The molecule has 29 heavy (non-hydrogen) atoms. The van der Waals surface area contributed by atoms with Gasteiger partial charge in [-0.1, -0.05) is 13.3 Å². The molecular formula is C23H27NO5. The number of unbranched alkanes of at least 4 members (excludes halogenated alkanes) is 1. The molecule has 1 heterocycles. The van der Waals surface area contributed by atoms with Crippen molar-refractivity contribution in [2.24, 2.45) is 0 Å². The Morgan fingerprint density at radius 3 is 2.14 bits per heavy atom. The summed E-state index contributed by atoms with van der Waals surface area (Å²) in [6, 6.07) is 9.78. The van der Waals surface area contributed by atoms with Crippen molar-refractivity contribution in [1.29, 1.82) is 0 Å². The first kappa shape index (κ1) is 20.6. The van der Waals surface area contributed by atoms with E-state index in [4.69, 9.17) is 23.7 Å². The van der Waals surface area contributed by atoms with Crippen LogP contribution >= 0.6 is 0 Å². The Bertz CT molecular complexity index is 987. The quantitative estimate of drug-likeness (QED) is 0.467. The first-order chi connectivity index (χ1) is 14.2. The molecule has 0 fully saturated rings. The van der Waals surface area contributed by atoms with Crippen molar-refractivity contribution >= 4 is 10.9 Å². The minimum atomic E-state index is 0.590. The van der Waals surface area contributed by atoms with Crippen molar-refractivity contribution in [1.82, 2.24) is 4.98 Å². The third kappa shape index (κ3) is 4.16. The van der Waals surface area contributed by atoms with E-state index in [2.05, 4.69) is 18.0 Å². The van der Waals surface area contributed by atoms with Crippen LogP contribution in [0.4, 0.5) is 0 Å². The number of nitrogens with zero attached hydrogens (tertiary/aromatic N) is 1. The van der Waals surface area contributed by atoms with Gasteiger partial charge < -0.3 is 23.7 Å². The van der Waals surface area contributed by atoms with E-state index in [0.717, 1.165) is 34.9 Å². The first-order valence-electron chi connectivity index (χ1n) is 9.56. The van der Waals surface area contributed by atoms with Crippen LogP contribution < -0.4 is 23.7 Å². The van der Waals surface area contributed by atoms with Gasteiger partial charge in [0.2, 0.25) is 5.75 Å². The SMILES string of the molecule is CCCCOc1cc(-c2cnc3c(OC)c(OC)ccc3c2)cc(OC)c1OC. The van der Waals surface area contributed by atoms with Crippen LogP contribution in [0, 0.1) is 0 Å². The Hall–Kier alpha value is -3.15. The van der Waals surface area contributed by atoms with Crippen LogP contribution in [0.15, 0.2) is 36.5 Å². The number of rotatable bonds is 9. The Morgan fingerprint density at radius 1 is 0.759 bits per heavy atom. The van der Waals surface area contributed by atoms with Gasteiger partial charge in [-0.05, 0) is 42.3 Å². The molecule has 0 saturated heterocycles. The Morgan fingerprint density at radius 2 is 1.48 bits per heavy atom. The molecule has 2 aromatic carbocycles. The minimum Gasteiger partial charge on any atom is -0.493 e. The Labute approximate surface area is 171 Å². The van der Waals surface area contributed by atoms with Crippen LogP contribution in [-0.4, -0.2) is 40.0 Å². The average molecular weight is 397 g/mol. The van der Waals surface area contributed by atoms with Crippen LogP contribution in [0.25, 0.3) is 22.0 Å². The molecule has 1 aromatic heterocycles. The third-order valence-electron chi connectivity index (χ3n) is 4.73. The second kappa shape index (κ2) is 9.37. The lowest BCUT2D eigenvalue weighted by Crippen LogP contribution is -2.01. The highest BCUT2D eigenvalue weighted by molar-refractivity contribution is 5.90. The van der Waals surface area contributed by atoms with E-state index in [1.807, 2.05) is 24.3 Å². The summed E-state index contributed by atoms with van der Waals surface area (Å²) in [5, 5.41) is 0.948. The summed E-state index contributed by atoms with van der Waals surface area (Å²) in [6.45, 7) is 2.74. The normalized spacial score (nSPS) is 10.7. The topological polar surface area (TPSA) is 59.0 Å². The molecule has 0 aliphatic rings. The summed E-state index contributed by atoms with van der Waals surface area (Å²) < 4.78 is 27.9. The van der Waals surface area contributed by atoms with E-state index in [9.17, 15) is 0 Å². The maximum atomic E-state index is 5.97. The lowest BCUT2D eigenvalue weighted by molar-refractivity contribution is 0.279. The van der Waals surface area contributed by atoms with Crippen molar-refractivity contribution in [3.63, 3.8) is 0 Å². The number of hydrogen-bond acceptors (Lipinski definition) is 6. The van der Waals surface area contributed by atoms with Gasteiger partial charge in [-0.3, -0.25) is 4.98 Å². The van der Waals surface area contributed by atoms with Crippen LogP contribution in [0.2, 0.25) is 0 Å². The molecule has 0 atom stereocenters. The fourth-order valence-electron chi connectivity index (χ4n) is 3.20. The van der Waals surface area contributed by atoms with Gasteiger partial charge in [0.25, 0.3) is 0 Å². The Kier molecular flexibility index (Phi) is 6.65. The van der Waals surface area contributed by atoms with Crippen molar-refractivity contribution in [2.75, 3.05) is 35.0 Å². The second-order valence-electron chi connectivity index (χ2n) is 6.51. The zero-order valence-electron chi connectivity index (χ0n) is 17.6. The lowest BCUT2D eigenvalue weighted by Gasteiger charge is -2.16. The Balaban J connectivity index is 2.09. The highest BCUT2D eigenvalue weighted by Crippen LogP contribution is 2.42. The first-order valence-corrected chi connectivity index (χ1v) is 9.56. The molecule has 6 nitrogen and oxygen atoms in total. The number of methoxy groups -OCH3 is 4. The summed E-state index contributed by atoms with van der Waals surface area (Å²) in [4.78, 5) is 4.62. The molecule has 0 bridgehead atoms. The average Bonchev–Trinajstić information content (AvgIpc) is 2.77. The molecule has 0 spiro atoms. The van der Waals surface area contributed by atoms with Gasteiger partial charge in [0.1, 0.15) is 5.52 Å². The standard InChI is InChI=1S/C23H27NO5/c1-6-7-10-29-20-13-16(12-19(26-3)22(20)27-4)17-11-15-8-9-18(25-2)23(28-5)21(15)24-14-17/h8-9,11-14H,6-7,10H2,1-5H3. The minimum absolute atomic E-state index is 0.590. The lowest BCUT2D eigenvalue weighted by atomic mass is 10.0. The highest BCUT2D eigenvalue weighted by Gasteiger charge is 2.16. The van der Waals surface area contributed by atoms with E-state index < -0.39 is 0 Å². The van der Waals surface area contributed by atoms with Gasteiger partial charge in [-0.15, -0.1) is 0 Å². The summed E-state index contributed by atoms with van der Waals surface area (Å²) >= 11 is 0. The van der Waals surface area contributed by atoms with Gasteiger partial charge in [0, 0.05) is 17.1 Å². The predicted octanol–water partition coefficient (Wildman–Crippen LogP) is 5.12. The van der Waals surface area contributed by atoms with Crippen LogP contribution in [0.1, 0.15) is 19.8 Å². The zero-order valence-corrected chi connectivity index (χ0v) is 17.6. The van der Waals surface area contributed by atoms with E-state index in [0.29, 0.717) is 35.4 Å². The summed E-state index contributed by atoms with van der Waals surface area (Å²) in [6.07, 6.45) is 3.83. The van der Waals surface area contributed by atoms with E-state index in [1.54, 1.807) is 34.6 Å². The van der Waals surface area contributed by atoms with Gasteiger partial charge in [0.05, 0.1) is 35.0 Å². The number of benzene rings is 2. The summed E-state index contributed by atoms with van der Waals surface area (Å²) in [5.74, 6) is 3.13. The van der Waals surface area contributed by atoms with Crippen LogP contribution in [0.3, 0.4) is 0 Å². The van der Waals surface area contributed by atoms with Crippen LogP contribution in [-0.2, 0) is 0 Å². The number of fused-ring (bicyclic) bond motifs is 1. The molecule has 0 amide bonds. The number of pyridine rings is 1. The molecule has 6 heteroatoms. The van der Waals surface area contributed by atoms with Gasteiger partial charge in [0.15, 0.2) is 23.0 Å². The molecule has 0 saturated carbocycles. The fourth-order valence-corrected chi connectivity index (χ4v) is 3.20. The number of aromatic nitrogens is 1. The highest BCUT2D eigenvalue weighted by atomic mass is 16.5. The maximum absolute atomic E-state index is 5.97. The third-order valence-corrected chi connectivity index (χ3v) is 4.73. The van der Waals surface area contributed by atoms with Crippen molar-refractivity contribution in [3.8, 4) is 39.9 Å². The smallest absolute Gasteiger partial charge is 0.203 e. The van der Waals surface area contributed by atoms with Crippen molar-refractivity contribution in [3.05, 3.63) is 36.5 Å². The molecule has 3 rings (SSSR count). The molecule has 154 valence electrons.